The molecular weight excluding hydrogens is 200 g/mol. The molecule has 1 unspecified atom stereocenters. The third-order valence-corrected chi connectivity index (χ3v) is 3.15. The van der Waals surface area contributed by atoms with Crippen LogP contribution in [0, 0.1) is 16.7 Å². The van der Waals surface area contributed by atoms with E-state index in [9.17, 15) is 8.42 Å². The molecule has 1 aliphatic rings. The third kappa shape index (κ3) is 2.34. The molecule has 1 saturated heterocycles. The highest BCUT2D eigenvalue weighted by molar-refractivity contribution is 8.13. The van der Waals surface area contributed by atoms with E-state index in [4.69, 9.17) is 15.9 Å². The Labute approximate surface area is 75.9 Å². The summed E-state index contributed by atoms with van der Waals surface area (Å²) < 4.78 is 21.5. The molecule has 0 aromatic rings. The number of nitrogens with zero attached hydrogens (tertiary/aromatic N) is 1. The van der Waals surface area contributed by atoms with Gasteiger partial charge in [-0.15, -0.1) is 0 Å². The van der Waals surface area contributed by atoms with Crippen LogP contribution < -0.4 is 5.32 Å². The minimum absolute atomic E-state index is 0.259. The zero-order chi connectivity index (χ0) is 9.24. The van der Waals surface area contributed by atoms with Gasteiger partial charge in [-0.2, -0.15) is 5.26 Å². The van der Waals surface area contributed by atoms with Gasteiger partial charge in [-0.3, -0.25) is 0 Å². The zero-order valence-electron chi connectivity index (χ0n) is 6.38. The highest BCUT2D eigenvalue weighted by atomic mass is 35.7. The normalized spacial score (nSPS) is 30.0. The minimum Gasteiger partial charge on any atom is -0.315 e. The summed E-state index contributed by atoms with van der Waals surface area (Å²) in [4.78, 5) is 0. The van der Waals surface area contributed by atoms with Gasteiger partial charge in [0.15, 0.2) is 0 Å². The number of hydrogen-bond acceptors (Lipinski definition) is 4. The van der Waals surface area contributed by atoms with Crippen molar-refractivity contribution in [2.75, 3.05) is 18.8 Å². The van der Waals surface area contributed by atoms with Crippen molar-refractivity contribution in [1.82, 2.24) is 5.32 Å². The first-order valence-corrected chi connectivity index (χ1v) is 6.00. The lowest BCUT2D eigenvalue weighted by Crippen LogP contribution is -2.29. The average molecular weight is 209 g/mol. The first kappa shape index (κ1) is 9.78. The molecule has 0 aliphatic carbocycles. The smallest absolute Gasteiger partial charge is 0.234 e. The Kier molecular flexibility index (Phi) is 2.61. The quantitative estimate of drug-likeness (QED) is 0.652. The van der Waals surface area contributed by atoms with Crippen LogP contribution in [0.3, 0.4) is 0 Å². The van der Waals surface area contributed by atoms with Crippen molar-refractivity contribution in [2.45, 2.75) is 6.42 Å². The van der Waals surface area contributed by atoms with Crippen molar-refractivity contribution in [2.24, 2.45) is 5.41 Å². The summed E-state index contributed by atoms with van der Waals surface area (Å²) in [6.45, 7) is 1.09. The van der Waals surface area contributed by atoms with E-state index in [1.54, 1.807) is 0 Å². The monoisotopic (exact) mass is 208 g/mol. The summed E-state index contributed by atoms with van der Waals surface area (Å²) in [7, 11) is 1.51. The molecule has 0 aromatic heterocycles. The second-order valence-corrected chi connectivity index (χ2v) is 5.78. The van der Waals surface area contributed by atoms with Crippen LogP contribution in [0.2, 0.25) is 0 Å². The van der Waals surface area contributed by atoms with Gasteiger partial charge in [0.25, 0.3) is 0 Å². The molecule has 1 atom stereocenters. The molecule has 0 amide bonds. The van der Waals surface area contributed by atoms with Crippen molar-refractivity contribution in [1.29, 1.82) is 5.26 Å². The predicted molar refractivity (Wildman–Crippen MR) is 45.2 cm³/mol. The van der Waals surface area contributed by atoms with Crippen LogP contribution in [0.5, 0.6) is 0 Å². The lowest BCUT2D eigenvalue weighted by atomic mass is 9.92. The first-order valence-electron chi connectivity index (χ1n) is 3.52. The number of nitriles is 1. The van der Waals surface area contributed by atoms with Crippen molar-refractivity contribution in [3.05, 3.63) is 0 Å². The molecule has 1 heterocycles. The molecule has 12 heavy (non-hydrogen) atoms. The number of halogens is 1. The van der Waals surface area contributed by atoms with Gasteiger partial charge in [0.05, 0.1) is 17.2 Å². The van der Waals surface area contributed by atoms with Gasteiger partial charge in [0.1, 0.15) is 0 Å². The van der Waals surface area contributed by atoms with Crippen LogP contribution in [-0.4, -0.2) is 27.3 Å². The van der Waals surface area contributed by atoms with E-state index < -0.39 is 14.5 Å². The SMILES string of the molecule is N#CC1(CS(=O)(=O)Cl)CCNC1. The van der Waals surface area contributed by atoms with Gasteiger partial charge in [-0.25, -0.2) is 8.42 Å². The fourth-order valence-corrected chi connectivity index (χ4v) is 2.92. The van der Waals surface area contributed by atoms with E-state index in [0.29, 0.717) is 19.5 Å². The fourth-order valence-electron chi connectivity index (χ4n) is 1.32. The van der Waals surface area contributed by atoms with Crippen molar-refractivity contribution >= 4 is 19.7 Å². The Morgan fingerprint density at radius 2 is 2.33 bits per heavy atom. The summed E-state index contributed by atoms with van der Waals surface area (Å²) in [5.41, 5.74) is -0.805. The number of hydrogen-bond donors (Lipinski definition) is 1. The van der Waals surface area contributed by atoms with Gasteiger partial charge in [-0.05, 0) is 13.0 Å². The van der Waals surface area contributed by atoms with Crippen LogP contribution in [0.25, 0.3) is 0 Å². The highest BCUT2D eigenvalue weighted by Gasteiger charge is 2.37. The zero-order valence-corrected chi connectivity index (χ0v) is 7.95. The molecule has 0 aromatic carbocycles. The van der Waals surface area contributed by atoms with Gasteiger partial charge in [0, 0.05) is 17.2 Å². The highest BCUT2D eigenvalue weighted by Crippen LogP contribution is 2.27. The fraction of sp³-hybridized carbons (Fsp3) is 0.833. The molecular formula is C6H9ClN2O2S. The standard InChI is InChI=1S/C6H9ClN2O2S/c7-12(10,11)5-6(3-8)1-2-9-4-6/h9H,1-2,4-5H2. The van der Waals surface area contributed by atoms with Crippen molar-refractivity contribution in [3.8, 4) is 6.07 Å². The number of rotatable bonds is 2. The van der Waals surface area contributed by atoms with E-state index in [1.165, 1.54) is 0 Å². The molecule has 4 nitrogen and oxygen atoms in total. The van der Waals surface area contributed by atoms with E-state index >= 15 is 0 Å². The maximum atomic E-state index is 10.7. The average Bonchev–Trinajstić information content (AvgIpc) is 2.34. The molecule has 1 N–H and O–H groups in total. The summed E-state index contributed by atoms with van der Waals surface area (Å²) in [6.07, 6.45) is 0.551. The molecule has 0 saturated carbocycles. The molecule has 6 heteroatoms. The van der Waals surface area contributed by atoms with Crippen LogP contribution in [0.1, 0.15) is 6.42 Å². The van der Waals surface area contributed by atoms with Gasteiger partial charge < -0.3 is 5.32 Å². The molecule has 0 bridgehead atoms. The van der Waals surface area contributed by atoms with Crippen molar-refractivity contribution < 1.29 is 8.42 Å². The Balaban J connectivity index is 2.77. The Morgan fingerprint density at radius 3 is 2.67 bits per heavy atom. The summed E-state index contributed by atoms with van der Waals surface area (Å²) in [6, 6.07) is 2.01. The largest absolute Gasteiger partial charge is 0.315 e. The topological polar surface area (TPSA) is 70.0 Å². The predicted octanol–water partition coefficient (Wildman–Crippen LogP) is 0.0583. The maximum Gasteiger partial charge on any atom is 0.234 e. The Bertz CT molecular complexity index is 300. The summed E-state index contributed by atoms with van der Waals surface area (Å²) >= 11 is 0. The van der Waals surface area contributed by atoms with E-state index in [1.807, 2.05) is 6.07 Å². The van der Waals surface area contributed by atoms with Crippen LogP contribution in [-0.2, 0) is 9.05 Å². The molecule has 0 spiro atoms. The second-order valence-electron chi connectivity index (χ2n) is 3.00. The van der Waals surface area contributed by atoms with Gasteiger partial charge in [-0.1, -0.05) is 0 Å². The van der Waals surface area contributed by atoms with Crippen LogP contribution in [0.15, 0.2) is 0 Å². The molecule has 1 rings (SSSR count). The van der Waals surface area contributed by atoms with Gasteiger partial charge >= 0.3 is 0 Å². The molecule has 1 aliphatic heterocycles. The summed E-state index contributed by atoms with van der Waals surface area (Å²) in [5, 5.41) is 11.7. The lowest BCUT2D eigenvalue weighted by molar-refractivity contribution is 0.489. The Hall–Kier alpha value is -0.310. The first-order chi connectivity index (χ1) is 5.47. The van der Waals surface area contributed by atoms with E-state index in [-0.39, 0.29) is 5.75 Å². The summed E-state index contributed by atoms with van der Waals surface area (Å²) in [5.74, 6) is -0.259. The Morgan fingerprint density at radius 1 is 1.67 bits per heavy atom. The van der Waals surface area contributed by atoms with E-state index in [0.717, 1.165) is 0 Å². The molecule has 0 radical (unpaired) electrons. The van der Waals surface area contributed by atoms with Crippen LogP contribution in [0.4, 0.5) is 0 Å². The maximum absolute atomic E-state index is 10.7. The van der Waals surface area contributed by atoms with Crippen molar-refractivity contribution in [3.63, 3.8) is 0 Å². The third-order valence-electron chi connectivity index (χ3n) is 1.93. The van der Waals surface area contributed by atoms with Gasteiger partial charge in [0.2, 0.25) is 9.05 Å². The minimum atomic E-state index is -3.57. The molecule has 1 fully saturated rings. The molecule has 68 valence electrons. The number of nitrogens with one attached hydrogen (secondary N) is 1. The van der Waals surface area contributed by atoms with Crippen LogP contribution >= 0.6 is 10.7 Å². The van der Waals surface area contributed by atoms with E-state index in [2.05, 4.69) is 5.32 Å². The lowest BCUT2D eigenvalue weighted by Gasteiger charge is -2.15. The second kappa shape index (κ2) is 3.21.